The highest BCUT2D eigenvalue weighted by molar-refractivity contribution is 5.83. The predicted octanol–water partition coefficient (Wildman–Crippen LogP) is 2.92. The van der Waals surface area contributed by atoms with Crippen molar-refractivity contribution < 1.29 is 9.53 Å². The largest absolute Gasteiger partial charge is 0.495 e. The van der Waals surface area contributed by atoms with Gasteiger partial charge in [-0.15, -0.1) is 0 Å². The summed E-state index contributed by atoms with van der Waals surface area (Å²) in [6.07, 6.45) is 0. The van der Waals surface area contributed by atoms with Crippen molar-refractivity contribution in [1.29, 1.82) is 0 Å². The first-order valence-electron chi connectivity index (χ1n) is 9.90. The van der Waals surface area contributed by atoms with Gasteiger partial charge in [0.05, 0.1) is 30.6 Å². The zero-order valence-corrected chi connectivity index (χ0v) is 17.2. The van der Waals surface area contributed by atoms with Gasteiger partial charge in [0.1, 0.15) is 5.75 Å². The van der Waals surface area contributed by atoms with Crippen LogP contribution in [0.25, 0.3) is 10.9 Å². The molecule has 1 saturated heterocycles. The number of nitrogens with one attached hydrogen (secondary N) is 1. The molecule has 2 amide bonds. The van der Waals surface area contributed by atoms with Gasteiger partial charge in [-0.25, -0.2) is 4.79 Å². The number of fused-ring (bicyclic) bond motifs is 1. The fraction of sp³-hybridized carbons (Fsp3) is 0.364. The van der Waals surface area contributed by atoms with Crippen molar-refractivity contribution in [3.05, 3.63) is 53.7 Å². The third-order valence-electron chi connectivity index (χ3n) is 5.48. The molecule has 0 spiro atoms. The Kier molecular flexibility index (Phi) is 5.29. The van der Waals surface area contributed by atoms with Crippen LogP contribution in [0.1, 0.15) is 11.3 Å². The molecule has 1 N–H and O–H groups in total. The molecule has 2 heterocycles. The second-order valence-electron chi connectivity index (χ2n) is 7.40. The summed E-state index contributed by atoms with van der Waals surface area (Å²) in [5.74, 6) is 0.864. The van der Waals surface area contributed by atoms with Crippen LogP contribution in [-0.2, 0) is 13.6 Å². The number of para-hydroxylation sites is 2. The standard InChI is InChI=1S/C22H27N5O2/c1-16-8-9-19-17(14-16)18(24-25(19)2)15-23-22(28)27-12-10-26(11-13-27)20-6-4-5-7-21(20)29-3/h4-9,14H,10-13,15H2,1-3H3,(H,23,28). The molecule has 1 fully saturated rings. The lowest BCUT2D eigenvalue weighted by Gasteiger charge is -2.36. The average Bonchev–Trinajstić information content (AvgIpc) is 3.06. The lowest BCUT2D eigenvalue weighted by Crippen LogP contribution is -2.51. The van der Waals surface area contributed by atoms with E-state index in [2.05, 4.69) is 46.5 Å². The number of hydrogen-bond acceptors (Lipinski definition) is 4. The molecule has 152 valence electrons. The van der Waals surface area contributed by atoms with Crippen molar-refractivity contribution in [2.24, 2.45) is 7.05 Å². The number of piperazine rings is 1. The molecule has 2 aromatic carbocycles. The number of carbonyl (C=O) groups excluding carboxylic acids is 1. The molecule has 29 heavy (non-hydrogen) atoms. The minimum absolute atomic E-state index is 0.0452. The SMILES string of the molecule is COc1ccccc1N1CCN(C(=O)NCc2nn(C)c3ccc(C)cc23)CC1. The molecule has 0 bridgehead atoms. The Hall–Kier alpha value is -3.22. The zero-order chi connectivity index (χ0) is 20.4. The summed E-state index contributed by atoms with van der Waals surface area (Å²) in [6.45, 7) is 5.39. The van der Waals surface area contributed by atoms with Gasteiger partial charge < -0.3 is 19.9 Å². The van der Waals surface area contributed by atoms with Crippen molar-refractivity contribution in [1.82, 2.24) is 20.0 Å². The lowest BCUT2D eigenvalue weighted by atomic mass is 10.1. The number of nitrogens with zero attached hydrogens (tertiary/aromatic N) is 4. The number of benzene rings is 2. The first-order chi connectivity index (χ1) is 14.1. The van der Waals surface area contributed by atoms with Gasteiger partial charge in [0, 0.05) is 38.6 Å². The van der Waals surface area contributed by atoms with E-state index in [1.54, 1.807) is 7.11 Å². The maximum absolute atomic E-state index is 12.7. The van der Waals surface area contributed by atoms with Crippen LogP contribution < -0.4 is 15.0 Å². The molecular weight excluding hydrogens is 366 g/mol. The lowest BCUT2D eigenvalue weighted by molar-refractivity contribution is 0.193. The fourth-order valence-electron chi connectivity index (χ4n) is 3.90. The number of aromatic nitrogens is 2. The molecule has 0 saturated carbocycles. The summed E-state index contributed by atoms with van der Waals surface area (Å²) in [6, 6.07) is 14.2. The zero-order valence-electron chi connectivity index (χ0n) is 17.2. The molecule has 0 unspecified atom stereocenters. The first-order valence-corrected chi connectivity index (χ1v) is 9.90. The second-order valence-corrected chi connectivity index (χ2v) is 7.40. The van der Waals surface area contributed by atoms with E-state index in [9.17, 15) is 4.79 Å². The van der Waals surface area contributed by atoms with E-state index in [-0.39, 0.29) is 6.03 Å². The molecular formula is C22H27N5O2. The Labute approximate surface area is 170 Å². The number of rotatable bonds is 4. The number of urea groups is 1. The summed E-state index contributed by atoms with van der Waals surface area (Å²) < 4.78 is 7.33. The van der Waals surface area contributed by atoms with Crippen molar-refractivity contribution in [3.8, 4) is 5.75 Å². The number of ether oxygens (including phenoxy) is 1. The van der Waals surface area contributed by atoms with Crippen LogP contribution in [0.3, 0.4) is 0 Å². The second kappa shape index (κ2) is 8.03. The fourth-order valence-corrected chi connectivity index (χ4v) is 3.90. The molecule has 1 aliphatic heterocycles. The van der Waals surface area contributed by atoms with Crippen LogP contribution in [0.2, 0.25) is 0 Å². The van der Waals surface area contributed by atoms with Crippen LogP contribution in [0.5, 0.6) is 5.75 Å². The molecule has 0 atom stereocenters. The van der Waals surface area contributed by atoms with Gasteiger partial charge in [-0.1, -0.05) is 23.8 Å². The van der Waals surface area contributed by atoms with E-state index in [1.807, 2.05) is 34.8 Å². The van der Waals surface area contributed by atoms with Crippen LogP contribution in [0.15, 0.2) is 42.5 Å². The van der Waals surface area contributed by atoms with Gasteiger partial charge in [0.25, 0.3) is 0 Å². The number of anilines is 1. The van der Waals surface area contributed by atoms with Crippen molar-refractivity contribution in [2.45, 2.75) is 13.5 Å². The topological polar surface area (TPSA) is 62.6 Å². The van der Waals surface area contributed by atoms with E-state index < -0.39 is 0 Å². The molecule has 4 rings (SSSR count). The minimum atomic E-state index is -0.0452. The quantitative estimate of drug-likeness (QED) is 0.740. The molecule has 3 aromatic rings. The van der Waals surface area contributed by atoms with Crippen molar-refractivity contribution in [3.63, 3.8) is 0 Å². The van der Waals surface area contributed by atoms with Crippen LogP contribution in [0, 0.1) is 6.92 Å². The minimum Gasteiger partial charge on any atom is -0.495 e. The monoisotopic (exact) mass is 393 g/mol. The number of methoxy groups -OCH3 is 1. The van der Waals surface area contributed by atoms with Gasteiger partial charge >= 0.3 is 6.03 Å². The Morgan fingerprint density at radius 3 is 2.66 bits per heavy atom. The van der Waals surface area contributed by atoms with Gasteiger partial charge in [-0.3, -0.25) is 4.68 Å². The number of amides is 2. The summed E-state index contributed by atoms with van der Waals surface area (Å²) in [4.78, 5) is 16.8. The molecule has 7 heteroatoms. The van der Waals surface area contributed by atoms with Crippen molar-refractivity contribution in [2.75, 3.05) is 38.2 Å². The Morgan fingerprint density at radius 2 is 1.90 bits per heavy atom. The smallest absolute Gasteiger partial charge is 0.317 e. The number of aryl methyl sites for hydroxylation is 2. The maximum atomic E-state index is 12.7. The molecule has 1 aromatic heterocycles. The van der Waals surface area contributed by atoms with Gasteiger partial charge in [0.2, 0.25) is 0 Å². The number of hydrogen-bond donors (Lipinski definition) is 1. The van der Waals surface area contributed by atoms with Gasteiger partial charge in [-0.05, 0) is 31.2 Å². The van der Waals surface area contributed by atoms with E-state index in [1.165, 1.54) is 5.56 Å². The van der Waals surface area contributed by atoms with Gasteiger partial charge in [0.15, 0.2) is 0 Å². The third kappa shape index (κ3) is 3.85. The van der Waals surface area contributed by atoms with Crippen molar-refractivity contribution >= 4 is 22.6 Å². The van der Waals surface area contributed by atoms with Crippen LogP contribution in [-0.4, -0.2) is 54.0 Å². The highest BCUT2D eigenvalue weighted by atomic mass is 16.5. The Bertz CT molecular complexity index is 1020. The predicted molar refractivity (Wildman–Crippen MR) is 114 cm³/mol. The normalized spacial score (nSPS) is 14.3. The third-order valence-corrected chi connectivity index (χ3v) is 5.48. The van der Waals surface area contributed by atoms with E-state index in [0.29, 0.717) is 19.6 Å². The maximum Gasteiger partial charge on any atom is 0.317 e. The summed E-state index contributed by atoms with van der Waals surface area (Å²) in [5.41, 5.74) is 4.23. The first kappa shape index (κ1) is 19.1. The highest BCUT2D eigenvalue weighted by Gasteiger charge is 2.23. The molecule has 0 aliphatic carbocycles. The Balaban J connectivity index is 1.37. The highest BCUT2D eigenvalue weighted by Crippen LogP contribution is 2.28. The van der Waals surface area contributed by atoms with Crippen LogP contribution in [0.4, 0.5) is 10.5 Å². The Morgan fingerprint density at radius 1 is 1.14 bits per heavy atom. The van der Waals surface area contributed by atoms with Crippen LogP contribution >= 0.6 is 0 Å². The number of carbonyl (C=O) groups is 1. The summed E-state index contributed by atoms with van der Waals surface area (Å²) in [5, 5.41) is 8.71. The van der Waals surface area contributed by atoms with Gasteiger partial charge in [-0.2, -0.15) is 5.10 Å². The molecule has 1 aliphatic rings. The molecule has 0 radical (unpaired) electrons. The van der Waals surface area contributed by atoms with E-state index in [4.69, 9.17) is 4.74 Å². The summed E-state index contributed by atoms with van der Waals surface area (Å²) in [7, 11) is 3.62. The van der Waals surface area contributed by atoms with E-state index >= 15 is 0 Å². The van der Waals surface area contributed by atoms with E-state index in [0.717, 1.165) is 41.1 Å². The average molecular weight is 393 g/mol. The molecule has 7 nitrogen and oxygen atoms in total. The summed E-state index contributed by atoms with van der Waals surface area (Å²) >= 11 is 0.